The van der Waals surface area contributed by atoms with Gasteiger partial charge in [0.1, 0.15) is 0 Å². The van der Waals surface area contributed by atoms with Gasteiger partial charge in [-0.25, -0.2) is 0 Å². The first kappa shape index (κ1) is 23.8. The summed E-state index contributed by atoms with van der Waals surface area (Å²) in [6.07, 6.45) is 4.68. The Hall–Kier alpha value is -4.30. The highest BCUT2D eigenvalue weighted by Gasteiger charge is 2.33. The lowest BCUT2D eigenvalue weighted by molar-refractivity contribution is 0.629. The van der Waals surface area contributed by atoms with Gasteiger partial charge in [-0.05, 0) is 83.8 Å². The number of hydrogen-bond donors (Lipinski definition) is 0. The van der Waals surface area contributed by atoms with Gasteiger partial charge in [0.2, 0.25) is 0 Å². The Bertz CT molecular complexity index is 1350. The molecule has 5 aromatic rings. The van der Waals surface area contributed by atoms with Gasteiger partial charge in [0.15, 0.2) is 0 Å². The summed E-state index contributed by atoms with van der Waals surface area (Å²) >= 11 is 0. The summed E-state index contributed by atoms with van der Waals surface area (Å²) in [4.78, 5) is 5.18. The number of para-hydroxylation sites is 2. The van der Waals surface area contributed by atoms with Gasteiger partial charge < -0.3 is 9.80 Å². The maximum Gasteiger partial charge on any atom is 0.0517 e. The molecule has 2 heterocycles. The first-order valence-electron chi connectivity index (χ1n) is 14.3. The van der Waals surface area contributed by atoms with E-state index in [1.165, 1.54) is 57.8 Å². The van der Waals surface area contributed by atoms with Crippen LogP contribution < -0.4 is 9.80 Å². The van der Waals surface area contributed by atoms with E-state index in [-0.39, 0.29) is 5.92 Å². The first-order valence-corrected chi connectivity index (χ1v) is 14.3. The molecule has 0 radical (unpaired) electrons. The van der Waals surface area contributed by atoms with E-state index in [1.54, 1.807) is 5.56 Å². The summed E-state index contributed by atoms with van der Waals surface area (Å²) < 4.78 is 0. The topological polar surface area (TPSA) is 6.48 Å². The quantitative estimate of drug-likeness (QED) is 0.212. The Balaban J connectivity index is 1.54. The van der Waals surface area contributed by atoms with Crippen LogP contribution >= 0.6 is 0 Å². The fourth-order valence-corrected chi connectivity index (χ4v) is 6.76. The van der Waals surface area contributed by atoms with Crippen LogP contribution in [0.2, 0.25) is 0 Å². The fourth-order valence-electron chi connectivity index (χ4n) is 6.76. The summed E-state index contributed by atoms with van der Waals surface area (Å²) in [7, 11) is 0. The fraction of sp³-hybridized carbons (Fsp3) is 0.189. The molecule has 5 aromatic carbocycles. The van der Waals surface area contributed by atoms with Crippen molar-refractivity contribution in [3.05, 3.63) is 155 Å². The Morgan fingerprint density at radius 3 is 1.51 bits per heavy atom. The SMILES string of the molecule is c1ccc(C(c2ccccc2)c2cc(N(c3ccccc3)c3ccccc3)c3c4c2CCCN4CCC3)cc1. The van der Waals surface area contributed by atoms with Crippen LogP contribution in [0.1, 0.15) is 46.6 Å². The number of anilines is 4. The van der Waals surface area contributed by atoms with Gasteiger partial charge in [-0.1, -0.05) is 97.1 Å². The van der Waals surface area contributed by atoms with Crippen molar-refractivity contribution in [1.82, 2.24) is 0 Å². The Kier molecular flexibility index (Phi) is 6.38. The van der Waals surface area contributed by atoms with Crippen molar-refractivity contribution in [2.24, 2.45) is 0 Å². The maximum atomic E-state index is 2.69. The molecule has 0 N–H and O–H groups in total. The molecule has 192 valence electrons. The highest BCUT2D eigenvalue weighted by molar-refractivity contribution is 5.85. The van der Waals surface area contributed by atoms with Crippen LogP contribution in [0, 0.1) is 0 Å². The monoisotopic (exact) mass is 506 g/mol. The zero-order valence-corrected chi connectivity index (χ0v) is 22.3. The number of benzene rings is 5. The standard InChI is InChI=1S/C37H34N2/c1-5-15-28(16-6-1)36(29-17-7-2-8-18-29)34-27-35(33-24-14-26-38-25-13-23-32(34)37(33)38)39(30-19-9-3-10-20-30)31-21-11-4-12-22-31/h1-12,15-22,27,36H,13-14,23-26H2. The molecular weight excluding hydrogens is 472 g/mol. The van der Waals surface area contributed by atoms with Crippen LogP contribution in [0.4, 0.5) is 22.7 Å². The van der Waals surface area contributed by atoms with Crippen LogP contribution in [-0.4, -0.2) is 13.1 Å². The van der Waals surface area contributed by atoms with Crippen LogP contribution in [0.15, 0.2) is 127 Å². The lowest BCUT2D eigenvalue weighted by Gasteiger charge is -2.42. The molecule has 0 aliphatic carbocycles. The summed E-state index contributed by atoms with van der Waals surface area (Å²) in [6, 6.07) is 46.5. The van der Waals surface area contributed by atoms with Crippen molar-refractivity contribution in [2.45, 2.75) is 31.6 Å². The first-order chi connectivity index (χ1) is 19.4. The average Bonchev–Trinajstić information content (AvgIpc) is 3.01. The molecule has 2 nitrogen and oxygen atoms in total. The van der Waals surface area contributed by atoms with E-state index in [1.807, 2.05) is 0 Å². The smallest absolute Gasteiger partial charge is 0.0517 e. The zero-order chi connectivity index (χ0) is 26.0. The summed E-state index contributed by atoms with van der Waals surface area (Å²) in [5, 5.41) is 0. The molecule has 2 aliphatic rings. The third-order valence-electron chi connectivity index (χ3n) is 8.39. The predicted molar refractivity (Wildman–Crippen MR) is 164 cm³/mol. The van der Waals surface area contributed by atoms with Gasteiger partial charge in [0.25, 0.3) is 0 Å². The van der Waals surface area contributed by atoms with E-state index in [0.717, 1.165) is 25.9 Å². The second-order valence-corrected chi connectivity index (χ2v) is 10.7. The van der Waals surface area contributed by atoms with E-state index >= 15 is 0 Å². The molecule has 0 atom stereocenters. The van der Waals surface area contributed by atoms with E-state index < -0.39 is 0 Å². The molecule has 2 aliphatic heterocycles. The zero-order valence-electron chi connectivity index (χ0n) is 22.3. The second kappa shape index (κ2) is 10.5. The molecule has 0 bridgehead atoms. The van der Waals surface area contributed by atoms with Gasteiger partial charge in [0.05, 0.1) is 5.69 Å². The summed E-state index contributed by atoms with van der Waals surface area (Å²) in [5.41, 5.74) is 12.5. The van der Waals surface area contributed by atoms with Crippen molar-refractivity contribution in [3.8, 4) is 0 Å². The molecule has 0 aromatic heterocycles. The van der Waals surface area contributed by atoms with E-state index in [2.05, 4.69) is 137 Å². The average molecular weight is 507 g/mol. The predicted octanol–water partition coefficient (Wildman–Crippen LogP) is 9.04. The van der Waals surface area contributed by atoms with Crippen LogP contribution in [0.25, 0.3) is 0 Å². The molecule has 0 unspecified atom stereocenters. The molecule has 39 heavy (non-hydrogen) atoms. The van der Waals surface area contributed by atoms with Crippen molar-refractivity contribution in [3.63, 3.8) is 0 Å². The van der Waals surface area contributed by atoms with E-state index in [4.69, 9.17) is 0 Å². The van der Waals surface area contributed by atoms with Gasteiger partial charge in [-0.15, -0.1) is 0 Å². The highest BCUT2D eigenvalue weighted by Crippen LogP contribution is 2.49. The van der Waals surface area contributed by atoms with Gasteiger partial charge >= 0.3 is 0 Å². The minimum Gasteiger partial charge on any atom is -0.371 e. The molecule has 0 spiro atoms. The van der Waals surface area contributed by atoms with Crippen molar-refractivity contribution in [1.29, 1.82) is 0 Å². The Morgan fingerprint density at radius 2 is 1.00 bits per heavy atom. The lowest BCUT2D eigenvalue weighted by atomic mass is 9.78. The van der Waals surface area contributed by atoms with Crippen molar-refractivity contribution in [2.75, 3.05) is 22.9 Å². The van der Waals surface area contributed by atoms with Crippen LogP contribution in [0.3, 0.4) is 0 Å². The maximum absolute atomic E-state index is 2.69. The molecule has 0 amide bonds. The minimum absolute atomic E-state index is 0.182. The van der Waals surface area contributed by atoms with Crippen molar-refractivity contribution >= 4 is 22.7 Å². The summed E-state index contributed by atoms with van der Waals surface area (Å²) in [5.74, 6) is 0.182. The van der Waals surface area contributed by atoms with E-state index in [0.29, 0.717) is 0 Å². The third-order valence-corrected chi connectivity index (χ3v) is 8.39. The third kappa shape index (κ3) is 4.40. The highest BCUT2D eigenvalue weighted by atomic mass is 15.2. The molecule has 7 rings (SSSR count). The molecule has 0 saturated carbocycles. The number of nitrogens with zero attached hydrogens (tertiary/aromatic N) is 2. The van der Waals surface area contributed by atoms with E-state index in [9.17, 15) is 0 Å². The Morgan fingerprint density at radius 1 is 0.538 bits per heavy atom. The molecule has 2 heteroatoms. The molecule has 0 saturated heterocycles. The Labute approximate surface area is 232 Å². The van der Waals surface area contributed by atoms with Crippen molar-refractivity contribution < 1.29 is 0 Å². The second-order valence-electron chi connectivity index (χ2n) is 10.7. The van der Waals surface area contributed by atoms with Crippen LogP contribution in [0.5, 0.6) is 0 Å². The van der Waals surface area contributed by atoms with Gasteiger partial charge in [0, 0.05) is 36.1 Å². The largest absolute Gasteiger partial charge is 0.371 e. The molecule has 0 fully saturated rings. The minimum atomic E-state index is 0.182. The molecular formula is C37H34N2. The lowest BCUT2D eigenvalue weighted by Crippen LogP contribution is -2.36. The van der Waals surface area contributed by atoms with Crippen LogP contribution in [-0.2, 0) is 12.8 Å². The summed E-state index contributed by atoms with van der Waals surface area (Å²) in [6.45, 7) is 2.31. The number of rotatable bonds is 6. The van der Waals surface area contributed by atoms with Gasteiger partial charge in [-0.2, -0.15) is 0 Å². The van der Waals surface area contributed by atoms with Gasteiger partial charge in [-0.3, -0.25) is 0 Å². The number of hydrogen-bond acceptors (Lipinski definition) is 2. The normalized spacial score (nSPS) is 14.2.